The molecule has 2 aliphatic rings. The quantitative estimate of drug-likeness (QED) is 0.722. The Bertz CT molecular complexity index is 400. The molecule has 0 saturated carbocycles. The largest absolute Gasteiger partial charge is 0.342 e. The Balaban J connectivity index is 1.74. The Hall–Kier alpha value is -1.01. The lowest BCUT2D eigenvalue weighted by atomic mass is 9.72. The molecule has 2 rings (SSSR count). The number of carbonyl (C=O) groups is 1. The van der Waals surface area contributed by atoms with Gasteiger partial charge < -0.3 is 4.90 Å². The molecule has 2 saturated heterocycles. The number of hydrogen-bond donors (Lipinski definition) is 0. The third kappa shape index (κ3) is 3.55. The highest BCUT2D eigenvalue weighted by molar-refractivity contribution is 5.78. The van der Waals surface area contributed by atoms with Gasteiger partial charge in [-0.3, -0.25) is 9.69 Å². The molecule has 112 valence electrons. The van der Waals surface area contributed by atoms with Crippen molar-refractivity contribution >= 4 is 5.91 Å². The van der Waals surface area contributed by atoms with Crippen LogP contribution in [0, 0.1) is 29.1 Å². The van der Waals surface area contributed by atoms with Crippen LogP contribution < -0.4 is 0 Å². The van der Waals surface area contributed by atoms with Crippen molar-refractivity contribution in [3.8, 4) is 11.8 Å². The molecule has 0 N–H and O–H groups in total. The van der Waals surface area contributed by atoms with E-state index in [1.807, 2.05) is 13.8 Å². The topological polar surface area (TPSA) is 23.6 Å². The molecule has 1 spiro atoms. The van der Waals surface area contributed by atoms with Crippen LogP contribution in [0.15, 0.2) is 0 Å². The molecule has 0 atom stereocenters. The molecule has 0 radical (unpaired) electrons. The van der Waals surface area contributed by atoms with E-state index in [9.17, 15) is 4.79 Å². The number of hydrogen-bond acceptors (Lipinski definition) is 2. The molecule has 0 aromatic carbocycles. The summed E-state index contributed by atoms with van der Waals surface area (Å²) in [7, 11) is 0. The molecule has 0 bridgehead atoms. The van der Waals surface area contributed by atoms with Crippen LogP contribution in [0.4, 0.5) is 0 Å². The molecule has 1 amide bonds. The SMILES string of the molecule is CC(C)C#CCN1CC2(CCN(C(=O)C(C)C)CC2)C1. The molecule has 2 aliphatic heterocycles. The molecule has 2 heterocycles. The number of carbonyl (C=O) groups excluding carboxylic acids is 1. The van der Waals surface area contributed by atoms with Crippen molar-refractivity contribution < 1.29 is 4.79 Å². The van der Waals surface area contributed by atoms with Gasteiger partial charge in [0.25, 0.3) is 0 Å². The summed E-state index contributed by atoms with van der Waals surface area (Å²) in [6, 6.07) is 0. The summed E-state index contributed by atoms with van der Waals surface area (Å²) in [5.41, 5.74) is 0.479. The number of likely N-dealkylation sites (tertiary alicyclic amines) is 2. The van der Waals surface area contributed by atoms with Crippen LogP contribution in [0.1, 0.15) is 40.5 Å². The fourth-order valence-electron chi connectivity index (χ4n) is 3.26. The van der Waals surface area contributed by atoms with Crippen molar-refractivity contribution in [2.24, 2.45) is 17.3 Å². The van der Waals surface area contributed by atoms with Crippen LogP contribution in [-0.2, 0) is 4.79 Å². The van der Waals surface area contributed by atoms with Gasteiger partial charge in [0.1, 0.15) is 0 Å². The number of piperidine rings is 1. The van der Waals surface area contributed by atoms with E-state index in [2.05, 4.69) is 35.5 Å². The predicted molar refractivity (Wildman–Crippen MR) is 82.1 cm³/mol. The van der Waals surface area contributed by atoms with Crippen LogP contribution in [-0.4, -0.2) is 48.4 Å². The second-order valence-electron chi connectivity index (χ2n) is 7.10. The van der Waals surface area contributed by atoms with Gasteiger partial charge >= 0.3 is 0 Å². The monoisotopic (exact) mass is 276 g/mol. The van der Waals surface area contributed by atoms with Crippen molar-refractivity contribution in [2.45, 2.75) is 40.5 Å². The van der Waals surface area contributed by atoms with Gasteiger partial charge in [0.15, 0.2) is 0 Å². The normalized spacial score (nSPS) is 21.8. The first kappa shape index (κ1) is 15.4. The van der Waals surface area contributed by atoms with Gasteiger partial charge in [0.05, 0.1) is 6.54 Å². The van der Waals surface area contributed by atoms with E-state index in [1.165, 1.54) is 25.9 Å². The van der Waals surface area contributed by atoms with Crippen LogP contribution in [0.2, 0.25) is 0 Å². The van der Waals surface area contributed by atoms with Gasteiger partial charge in [-0.25, -0.2) is 0 Å². The lowest BCUT2D eigenvalue weighted by Crippen LogP contribution is -2.60. The zero-order valence-electron chi connectivity index (χ0n) is 13.4. The number of amides is 1. The summed E-state index contributed by atoms with van der Waals surface area (Å²) in [5.74, 6) is 7.41. The van der Waals surface area contributed by atoms with Crippen molar-refractivity contribution in [1.82, 2.24) is 9.80 Å². The van der Waals surface area contributed by atoms with Gasteiger partial charge in [-0.1, -0.05) is 39.5 Å². The highest BCUT2D eigenvalue weighted by Gasteiger charge is 2.44. The smallest absolute Gasteiger partial charge is 0.225 e. The summed E-state index contributed by atoms with van der Waals surface area (Å²) in [4.78, 5) is 16.5. The maximum Gasteiger partial charge on any atom is 0.225 e. The minimum Gasteiger partial charge on any atom is -0.342 e. The van der Waals surface area contributed by atoms with E-state index in [0.717, 1.165) is 19.6 Å². The van der Waals surface area contributed by atoms with E-state index < -0.39 is 0 Å². The standard InChI is InChI=1S/C17H28N2O/c1-14(2)6-5-9-18-12-17(13-18)7-10-19(11-8-17)16(20)15(3)4/h14-15H,7-13H2,1-4H3. The number of nitrogens with zero attached hydrogens (tertiary/aromatic N) is 2. The highest BCUT2D eigenvalue weighted by Crippen LogP contribution is 2.40. The first-order chi connectivity index (χ1) is 9.42. The Labute approximate surface area is 123 Å². The predicted octanol–water partition coefficient (Wildman–Crippen LogP) is 2.23. The molecule has 0 unspecified atom stereocenters. The fourth-order valence-corrected chi connectivity index (χ4v) is 3.26. The first-order valence-corrected chi connectivity index (χ1v) is 7.91. The van der Waals surface area contributed by atoms with Crippen molar-refractivity contribution in [1.29, 1.82) is 0 Å². The van der Waals surface area contributed by atoms with Gasteiger partial charge in [0.2, 0.25) is 5.91 Å². The molecule has 0 aliphatic carbocycles. The van der Waals surface area contributed by atoms with Gasteiger partial charge in [0, 0.05) is 38.0 Å². The molecule has 0 aromatic heterocycles. The molecule has 2 fully saturated rings. The minimum atomic E-state index is 0.133. The highest BCUT2D eigenvalue weighted by atomic mass is 16.2. The van der Waals surface area contributed by atoms with Crippen LogP contribution in [0.3, 0.4) is 0 Å². The molecular weight excluding hydrogens is 248 g/mol. The maximum absolute atomic E-state index is 12.0. The second-order valence-corrected chi connectivity index (χ2v) is 7.10. The van der Waals surface area contributed by atoms with Crippen molar-refractivity contribution in [3.63, 3.8) is 0 Å². The summed E-state index contributed by atoms with van der Waals surface area (Å²) in [6.45, 7) is 13.4. The van der Waals surface area contributed by atoms with E-state index in [0.29, 0.717) is 17.2 Å². The average Bonchev–Trinajstić information content (AvgIpc) is 2.36. The first-order valence-electron chi connectivity index (χ1n) is 7.91. The average molecular weight is 276 g/mol. The van der Waals surface area contributed by atoms with Crippen molar-refractivity contribution in [2.75, 3.05) is 32.7 Å². The second kappa shape index (κ2) is 6.18. The van der Waals surface area contributed by atoms with Crippen molar-refractivity contribution in [3.05, 3.63) is 0 Å². The Morgan fingerprint density at radius 2 is 1.75 bits per heavy atom. The van der Waals surface area contributed by atoms with Gasteiger partial charge in [-0.15, -0.1) is 0 Å². The molecule has 3 nitrogen and oxygen atoms in total. The number of rotatable bonds is 2. The minimum absolute atomic E-state index is 0.133. The summed E-state index contributed by atoms with van der Waals surface area (Å²) < 4.78 is 0. The van der Waals surface area contributed by atoms with E-state index >= 15 is 0 Å². The molecular formula is C17H28N2O. The molecule has 3 heteroatoms. The van der Waals surface area contributed by atoms with Crippen LogP contribution >= 0.6 is 0 Å². The Kier molecular flexibility index (Phi) is 4.75. The van der Waals surface area contributed by atoms with E-state index in [-0.39, 0.29) is 5.92 Å². The van der Waals surface area contributed by atoms with Crippen LogP contribution in [0.25, 0.3) is 0 Å². The maximum atomic E-state index is 12.0. The lowest BCUT2D eigenvalue weighted by Gasteiger charge is -2.53. The Morgan fingerprint density at radius 3 is 2.25 bits per heavy atom. The van der Waals surface area contributed by atoms with E-state index in [1.54, 1.807) is 0 Å². The van der Waals surface area contributed by atoms with Crippen LogP contribution in [0.5, 0.6) is 0 Å². The van der Waals surface area contributed by atoms with E-state index in [4.69, 9.17) is 0 Å². The third-order valence-corrected chi connectivity index (χ3v) is 4.44. The molecule has 0 aromatic rings. The fraction of sp³-hybridized carbons (Fsp3) is 0.824. The molecule has 20 heavy (non-hydrogen) atoms. The summed E-state index contributed by atoms with van der Waals surface area (Å²) >= 11 is 0. The van der Waals surface area contributed by atoms with Gasteiger partial charge in [-0.05, 0) is 18.3 Å². The summed E-state index contributed by atoms with van der Waals surface area (Å²) in [5, 5.41) is 0. The van der Waals surface area contributed by atoms with Gasteiger partial charge in [-0.2, -0.15) is 0 Å². The zero-order chi connectivity index (χ0) is 14.8. The lowest BCUT2D eigenvalue weighted by molar-refractivity contribution is -0.139. The third-order valence-electron chi connectivity index (χ3n) is 4.44. The Morgan fingerprint density at radius 1 is 1.15 bits per heavy atom. The zero-order valence-corrected chi connectivity index (χ0v) is 13.4. The summed E-state index contributed by atoms with van der Waals surface area (Å²) in [6.07, 6.45) is 2.33.